The predicted octanol–water partition coefficient (Wildman–Crippen LogP) is 1.57. The standard InChI is InChI=1S/C11H23NO2/c1-11(2,3)14-8-7-13-10-5-4-6-12-9-10/h10,12H,4-9H2,1-3H3/t10-/m0/s1. The molecule has 1 saturated heterocycles. The van der Waals surface area contributed by atoms with Gasteiger partial charge < -0.3 is 14.8 Å². The molecule has 0 amide bonds. The van der Waals surface area contributed by atoms with Gasteiger partial charge in [0.05, 0.1) is 24.9 Å². The highest BCUT2D eigenvalue weighted by atomic mass is 16.5. The van der Waals surface area contributed by atoms with Crippen LogP contribution in [0.15, 0.2) is 0 Å². The number of piperidine rings is 1. The molecule has 1 N–H and O–H groups in total. The van der Waals surface area contributed by atoms with Crippen molar-refractivity contribution in [1.29, 1.82) is 0 Å². The minimum Gasteiger partial charge on any atom is -0.375 e. The van der Waals surface area contributed by atoms with Crippen LogP contribution >= 0.6 is 0 Å². The molecule has 1 heterocycles. The number of hydrogen-bond donors (Lipinski definition) is 1. The van der Waals surface area contributed by atoms with Gasteiger partial charge in [0.2, 0.25) is 0 Å². The summed E-state index contributed by atoms with van der Waals surface area (Å²) in [5.74, 6) is 0. The van der Waals surface area contributed by atoms with Gasteiger partial charge in [0.25, 0.3) is 0 Å². The molecule has 84 valence electrons. The highest BCUT2D eigenvalue weighted by Crippen LogP contribution is 2.08. The van der Waals surface area contributed by atoms with Gasteiger partial charge in [-0.3, -0.25) is 0 Å². The molecule has 0 aromatic heterocycles. The summed E-state index contributed by atoms with van der Waals surface area (Å²) in [7, 11) is 0. The van der Waals surface area contributed by atoms with Crippen LogP contribution in [0.2, 0.25) is 0 Å². The number of nitrogens with one attached hydrogen (secondary N) is 1. The van der Waals surface area contributed by atoms with Crippen molar-refractivity contribution in [3.05, 3.63) is 0 Å². The lowest BCUT2D eigenvalue weighted by Gasteiger charge is -2.24. The second kappa shape index (κ2) is 5.69. The summed E-state index contributed by atoms with van der Waals surface area (Å²) in [5.41, 5.74) is -0.0474. The Morgan fingerprint density at radius 1 is 1.29 bits per heavy atom. The molecule has 14 heavy (non-hydrogen) atoms. The first-order chi connectivity index (χ1) is 6.58. The zero-order valence-electron chi connectivity index (χ0n) is 9.64. The molecule has 3 heteroatoms. The molecule has 1 rings (SSSR count). The fourth-order valence-electron chi connectivity index (χ4n) is 1.52. The van der Waals surface area contributed by atoms with E-state index in [1.165, 1.54) is 12.8 Å². The van der Waals surface area contributed by atoms with Gasteiger partial charge >= 0.3 is 0 Å². The summed E-state index contributed by atoms with van der Waals surface area (Å²) in [6.07, 6.45) is 2.81. The summed E-state index contributed by atoms with van der Waals surface area (Å²) in [4.78, 5) is 0. The van der Waals surface area contributed by atoms with Crippen molar-refractivity contribution in [1.82, 2.24) is 5.32 Å². The van der Waals surface area contributed by atoms with E-state index in [4.69, 9.17) is 9.47 Å². The Labute approximate surface area is 87.2 Å². The molecule has 0 aromatic carbocycles. The van der Waals surface area contributed by atoms with Gasteiger partial charge in [0, 0.05) is 6.54 Å². The minimum absolute atomic E-state index is 0.0474. The lowest BCUT2D eigenvalue weighted by atomic mass is 10.1. The summed E-state index contributed by atoms with van der Waals surface area (Å²) in [6, 6.07) is 0. The fourth-order valence-corrected chi connectivity index (χ4v) is 1.52. The molecule has 0 radical (unpaired) electrons. The Balaban J connectivity index is 1.97. The molecule has 1 atom stereocenters. The normalized spacial score (nSPS) is 23.8. The average Bonchev–Trinajstić information content (AvgIpc) is 2.13. The summed E-state index contributed by atoms with van der Waals surface area (Å²) in [6.45, 7) is 9.73. The first kappa shape index (κ1) is 12.0. The lowest BCUT2D eigenvalue weighted by molar-refractivity contribution is -0.0548. The molecule has 1 aliphatic rings. The van der Waals surface area contributed by atoms with Gasteiger partial charge in [0.15, 0.2) is 0 Å². The third kappa shape index (κ3) is 5.58. The van der Waals surface area contributed by atoms with E-state index < -0.39 is 0 Å². The van der Waals surface area contributed by atoms with Crippen LogP contribution in [-0.2, 0) is 9.47 Å². The van der Waals surface area contributed by atoms with E-state index in [-0.39, 0.29) is 5.60 Å². The third-order valence-corrected chi connectivity index (χ3v) is 2.22. The molecule has 0 aromatic rings. The molecule has 1 fully saturated rings. The smallest absolute Gasteiger partial charge is 0.0707 e. The molecule has 0 aliphatic carbocycles. The molecule has 3 nitrogen and oxygen atoms in total. The summed E-state index contributed by atoms with van der Waals surface area (Å²) < 4.78 is 11.3. The van der Waals surface area contributed by atoms with Crippen LogP contribution in [0.25, 0.3) is 0 Å². The van der Waals surface area contributed by atoms with Crippen LogP contribution in [0.4, 0.5) is 0 Å². The number of hydrogen-bond acceptors (Lipinski definition) is 3. The third-order valence-electron chi connectivity index (χ3n) is 2.22. The highest BCUT2D eigenvalue weighted by Gasteiger charge is 2.14. The topological polar surface area (TPSA) is 30.5 Å². The summed E-state index contributed by atoms with van der Waals surface area (Å²) >= 11 is 0. The number of rotatable bonds is 4. The van der Waals surface area contributed by atoms with Gasteiger partial charge in [-0.2, -0.15) is 0 Å². The molecule has 0 bridgehead atoms. The van der Waals surface area contributed by atoms with Crippen molar-refractivity contribution >= 4 is 0 Å². The zero-order valence-corrected chi connectivity index (χ0v) is 9.64. The van der Waals surface area contributed by atoms with Crippen molar-refractivity contribution in [2.24, 2.45) is 0 Å². The van der Waals surface area contributed by atoms with Crippen molar-refractivity contribution in [3.8, 4) is 0 Å². The molecule has 0 unspecified atom stereocenters. The zero-order chi connectivity index (χ0) is 10.4. The Morgan fingerprint density at radius 3 is 2.64 bits per heavy atom. The van der Waals surface area contributed by atoms with Crippen LogP contribution in [-0.4, -0.2) is 38.0 Å². The van der Waals surface area contributed by atoms with Gasteiger partial charge in [-0.15, -0.1) is 0 Å². The Kier molecular flexibility index (Phi) is 4.85. The second-order valence-corrected chi connectivity index (χ2v) is 4.80. The van der Waals surface area contributed by atoms with Crippen LogP contribution in [0.5, 0.6) is 0 Å². The van der Waals surface area contributed by atoms with Crippen LogP contribution in [0, 0.1) is 0 Å². The highest BCUT2D eigenvalue weighted by molar-refractivity contribution is 4.68. The van der Waals surface area contributed by atoms with Gasteiger partial charge in [-0.1, -0.05) is 0 Å². The van der Waals surface area contributed by atoms with E-state index in [0.717, 1.165) is 13.1 Å². The average molecular weight is 201 g/mol. The summed E-state index contributed by atoms with van der Waals surface area (Å²) in [5, 5.41) is 3.33. The first-order valence-electron chi connectivity index (χ1n) is 5.54. The van der Waals surface area contributed by atoms with Crippen molar-refractivity contribution in [2.45, 2.75) is 45.3 Å². The van der Waals surface area contributed by atoms with Crippen LogP contribution in [0.3, 0.4) is 0 Å². The van der Waals surface area contributed by atoms with E-state index in [1.807, 2.05) is 0 Å². The van der Waals surface area contributed by atoms with E-state index in [1.54, 1.807) is 0 Å². The van der Waals surface area contributed by atoms with Crippen LogP contribution in [0.1, 0.15) is 33.6 Å². The minimum atomic E-state index is -0.0474. The maximum Gasteiger partial charge on any atom is 0.0707 e. The van der Waals surface area contributed by atoms with E-state index >= 15 is 0 Å². The Morgan fingerprint density at radius 2 is 2.07 bits per heavy atom. The number of ether oxygens (including phenoxy) is 2. The van der Waals surface area contributed by atoms with Gasteiger partial charge in [-0.05, 0) is 40.2 Å². The van der Waals surface area contributed by atoms with Gasteiger partial charge in [-0.25, -0.2) is 0 Å². The van der Waals surface area contributed by atoms with Crippen molar-refractivity contribution in [3.63, 3.8) is 0 Å². The van der Waals surface area contributed by atoms with Crippen LogP contribution < -0.4 is 5.32 Å². The molecule has 0 spiro atoms. The van der Waals surface area contributed by atoms with E-state index in [2.05, 4.69) is 26.1 Å². The Hall–Kier alpha value is -0.120. The van der Waals surface area contributed by atoms with E-state index in [0.29, 0.717) is 19.3 Å². The van der Waals surface area contributed by atoms with Crippen molar-refractivity contribution in [2.75, 3.05) is 26.3 Å². The largest absolute Gasteiger partial charge is 0.375 e. The van der Waals surface area contributed by atoms with Gasteiger partial charge in [0.1, 0.15) is 0 Å². The molecular formula is C11H23NO2. The Bertz CT molecular complexity index is 148. The molecule has 0 saturated carbocycles. The maximum atomic E-state index is 5.69. The first-order valence-corrected chi connectivity index (χ1v) is 5.54. The molecular weight excluding hydrogens is 178 g/mol. The monoisotopic (exact) mass is 201 g/mol. The lowest BCUT2D eigenvalue weighted by Crippen LogP contribution is -2.36. The quantitative estimate of drug-likeness (QED) is 0.700. The SMILES string of the molecule is CC(C)(C)OCCO[C@H]1CCCNC1. The maximum absolute atomic E-state index is 5.69. The fraction of sp³-hybridized carbons (Fsp3) is 1.00. The predicted molar refractivity (Wildman–Crippen MR) is 57.5 cm³/mol. The van der Waals surface area contributed by atoms with Crippen molar-refractivity contribution < 1.29 is 9.47 Å². The second-order valence-electron chi connectivity index (χ2n) is 4.80. The van der Waals surface area contributed by atoms with E-state index in [9.17, 15) is 0 Å². The molecule has 1 aliphatic heterocycles.